The number of halogens is 1. The number of hydrogen-bond acceptors (Lipinski definition) is 5. The Morgan fingerprint density at radius 2 is 1.68 bits per heavy atom. The van der Waals surface area contributed by atoms with Crippen LogP contribution < -0.4 is 10.6 Å². The Morgan fingerprint density at radius 3 is 2.46 bits per heavy atom. The van der Waals surface area contributed by atoms with E-state index in [9.17, 15) is 9.18 Å². The minimum Gasteiger partial charge on any atom is -0.379 e. The molecule has 8 heteroatoms. The molecule has 4 fully saturated rings. The van der Waals surface area contributed by atoms with E-state index in [2.05, 4.69) is 25.3 Å². The van der Waals surface area contributed by atoms with E-state index in [0.29, 0.717) is 18.4 Å². The minimum atomic E-state index is -0.161. The van der Waals surface area contributed by atoms with Crippen molar-refractivity contribution in [1.82, 2.24) is 25.3 Å². The van der Waals surface area contributed by atoms with Gasteiger partial charge in [-0.15, -0.1) is 0 Å². The van der Waals surface area contributed by atoms with Crippen molar-refractivity contribution in [1.29, 1.82) is 0 Å². The van der Waals surface area contributed by atoms with Gasteiger partial charge in [-0.05, 0) is 87.1 Å². The van der Waals surface area contributed by atoms with Crippen molar-refractivity contribution < 1.29 is 13.9 Å². The molecule has 2 unspecified atom stereocenters. The molecule has 0 spiro atoms. The predicted octanol–water partition coefficient (Wildman–Crippen LogP) is 2.81. The SMILES string of the molecule is O=C(NCCN1CCOCC1)NC1CN(CC2CC2)CCC1CN1CCC[C@@H](Cc2ccc(F)cc2)C1. The fraction of sp³-hybridized carbons (Fsp3) is 0.759. The highest BCUT2D eigenvalue weighted by Gasteiger charge is 2.35. The first kappa shape index (κ1) is 26.9. The number of morpholine rings is 1. The molecule has 206 valence electrons. The van der Waals surface area contributed by atoms with Crippen LogP contribution in [-0.2, 0) is 11.2 Å². The molecule has 2 N–H and O–H groups in total. The smallest absolute Gasteiger partial charge is 0.315 e. The van der Waals surface area contributed by atoms with Crippen molar-refractivity contribution in [2.45, 2.75) is 44.6 Å². The molecule has 3 heterocycles. The Bertz CT molecular complexity index is 845. The normalized spacial score (nSPS) is 28.2. The summed E-state index contributed by atoms with van der Waals surface area (Å²) in [6.07, 6.45) is 7.34. The first-order valence-electron chi connectivity index (χ1n) is 14.6. The molecule has 37 heavy (non-hydrogen) atoms. The highest BCUT2D eigenvalue weighted by atomic mass is 19.1. The van der Waals surface area contributed by atoms with Gasteiger partial charge < -0.3 is 25.2 Å². The lowest BCUT2D eigenvalue weighted by Gasteiger charge is -2.42. The lowest BCUT2D eigenvalue weighted by Crippen LogP contribution is -2.58. The van der Waals surface area contributed by atoms with Crippen LogP contribution in [0.3, 0.4) is 0 Å². The third-order valence-corrected chi connectivity index (χ3v) is 8.72. The summed E-state index contributed by atoms with van der Waals surface area (Å²) in [6, 6.07) is 7.18. The Kier molecular flexibility index (Phi) is 9.70. The summed E-state index contributed by atoms with van der Waals surface area (Å²) in [5, 5.41) is 6.50. The molecule has 1 saturated carbocycles. The molecule has 3 atom stereocenters. The van der Waals surface area contributed by atoms with E-state index in [1.807, 2.05) is 12.1 Å². The number of hydrogen-bond donors (Lipinski definition) is 2. The Labute approximate surface area is 222 Å². The molecular weight excluding hydrogens is 469 g/mol. The predicted molar refractivity (Wildman–Crippen MR) is 144 cm³/mol. The number of urea groups is 1. The molecule has 2 amide bonds. The first-order chi connectivity index (χ1) is 18.1. The summed E-state index contributed by atoms with van der Waals surface area (Å²) in [6.45, 7) is 11.6. The van der Waals surface area contributed by atoms with Gasteiger partial charge in [0, 0.05) is 58.4 Å². The monoisotopic (exact) mass is 515 g/mol. The molecule has 0 aromatic heterocycles. The van der Waals surface area contributed by atoms with Crippen molar-refractivity contribution in [2.24, 2.45) is 17.8 Å². The van der Waals surface area contributed by atoms with Crippen LogP contribution in [0.4, 0.5) is 9.18 Å². The maximum absolute atomic E-state index is 13.3. The van der Waals surface area contributed by atoms with E-state index >= 15 is 0 Å². The number of rotatable bonds is 10. The molecule has 3 aliphatic heterocycles. The second-order valence-corrected chi connectivity index (χ2v) is 11.8. The third-order valence-electron chi connectivity index (χ3n) is 8.72. The van der Waals surface area contributed by atoms with Crippen molar-refractivity contribution in [3.05, 3.63) is 35.6 Å². The van der Waals surface area contributed by atoms with Crippen LogP contribution in [0.1, 0.15) is 37.7 Å². The standard InChI is InChI=1S/C29H46FN5O2/c30-27-7-5-23(6-8-27)18-25-2-1-11-34(20-25)21-26-9-12-35(19-24-3-4-24)22-28(26)32-29(36)31-10-13-33-14-16-37-17-15-33/h5-8,24-26,28H,1-4,9-22H2,(H2,31,32,36)/t25-,26?,28?/m0/s1. The zero-order chi connectivity index (χ0) is 25.5. The van der Waals surface area contributed by atoms with E-state index in [1.165, 1.54) is 37.8 Å². The summed E-state index contributed by atoms with van der Waals surface area (Å²) in [7, 11) is 0. The van der Waals surface area contributed by atoms with Crippen LogP contribution in [0, 0.1) is 23.6 Å². The average molecular weight is 516 g/mol. The van der Waals surface area contributed by atoms with Gasteiger partial charge in [-0.2, -0.15) is 0 Å². The maximum Gasteiger partial charge on any atom is 0.315 e. The molecule has 1 aromatic rings. The first-order valence-corrected chi connectivity index (χ1v) is 14.6. The van der Waals surface area contributed by atoms with Crippen LogP contribution in [0.15, 0.2) is 24.3 Å². The number of ether oxygens (including phenoxy) is 1. The second kappa shape index (κ2) is 13.4. The lowest BCUT2D eigenvalue weighted by atomic mass is 9.87. The van der Waals surface area contributed by atoms with Crippen molar-refractivity contribution in [3.8, 4) is 0 Å². The van der Waals surface area contributed by atoms with Gasteiger partial charge in [-0.3, -0.25) is 4.90 Å². The van der Waals surface area contributed by atoms with E-state index in [-0.39, 0.29) is 17.9 Å². The fourth-order valence-corrected chi connectivity index (χ4v) is 6.42. The molecule has 1 aromatic carbocycles. The van der Waals surface area contributed by atoms with Crippen LogP contribution in [0.25, 0.3) is 0 Å². The molecule has 5 rings (SSSR count). The number of nitrogens with one attached hydrogen (secondary N) is 2. The number of carbonyl (C=O) groups is 1. The van der Waals surface area contributed by atoms with Gasteiger partial charge >= 0.3 is 6.03 Å². The molecular formula is C29H46FN5O2. The van der Waals surface area contributed by atoms with Crippen molar-refractivity contribution in [2.75, 3.05) is 78.7 Å². The molecule has 1 aliphatic carbocycles. The topological polar surface area (TPSA) is 60.1 Å². The summed E-state index contributed by atoms with van der Waals surface area (Å²) in [5.41, 5.74) is 1.23. The fourth-order valence-electron chi connectivity index (χ4n) is 6.42. The zero-order valence-corrected chi connectivity index (χ0v) is 22.4. The highest BCUT2D eigenvalue weighted by Crippen LogP contribution is 2.32. The lowest BCUT2D eigenvalue weighted by molar-refractivity contribution is 0.0386. The number of piperidine rings is 2. The molecule has 3 saturated heterocycles. The molecule has 4 aliphatic rings. The van der Waals surface area contributed by atoms with Gasteiger partial charge in [0.15, 0.2) is 0 Å². The Morgan fingerprint density at radius 1 is 0.892 bits per heavy atom. The summed E-state index contributed by atoms with van der Waals surface area (Å²) in [5.74, 6) is 1.80. The summed E-state index contributed by atoms with van der Waals surface area (Å²) in [4.78, 5) is 20.4. The van der Waals surface area contributed by atoms with Crippen LogP contribution >= 0.6 is 0 Å². The molecule has 7 nitrogen and oxygen atoms in total. The number of likely N-dealkylation sites (tertiary alicyclic amines) is 2. The van der Waals surface area contributed by atoms with E-state index in [1.54, 1.807) is 12.1 Å². The van der Waals surface area contributed by atoms with Gasteiger partial charge in [0.1, 0.15) is 5.82 Å². The Balaban J connectivity index is 1.12. The van der Waals surface area contributed by atoms with Crippen LogP contribution in [0.5, 0.6) is 0 Å². The number of benzene rings is 1. The quantitative estimate of drug-likeness (QED) is 0.502. The third kappa shape index (κ3) is 8.63. The number of carbonyl (C=O) groups excluding carboxylic acids is 1. The average Bonchev–Trinajstić information content (AvgIpc) is 3.72. The zero-order valence-electron chi connectivity index (χ0n) is 22.4. The Hall–Kier alpha value is -1.74. The summed E-state index contributed by atoms with van der Waals surface area (Å²) < 4.78 is 18.7. The van der Waals surface area contributed by atoms with Gasteiger partial charge in [0.2, 0.25) is 0 Å². The van der Waals surface area contributed by atoms with Crippen LogP contribution in [-0.4, -0.2) is 105 Å². The van der Waals surface area contributed by atoms with Gasteiger partial charge in [0.05, 0.1) is 13.2 Å². The van der Waals surface area contributed by atoms with Crippen LogP contribution in [0.2, 0.25) is 0 Å². The van der Waals surface area contributed by atoms with E-state index in [4.69, 9.17) is 4.74 Å². The van der Waals surface area contributed by atoms with E-state index in [0.717, 1.165) is 84.3 Å². The largest absolute Gasteiger partial charge is 0.379 e. The maximum atomic E-state index is 13.3. The van der Waals surface area contributed by atoms with Gasteiger partial charge in [-0.25, -0.2) is 9.18 Å². The van der Waals surface area contributed by atoms with Gasteiger partial charge in [-0.1, -0.05) is 12.1 Å². The second-order valence-electron chi connectivity index (χ2n) is 11.8. The minimum absolute atomic E-state index is 0.0237. The highest BCUT2D eigenvalue weighted by molar-refractivity contribution is 5.74. The van der Waals surface area contributed by atoms with Gasteiger partial charge in [0.25, 0.3) is 0 Å². The van der Waals surface area contributed by atoms with Crippen molar-refractivity contribution in [3.63, 3.8) is 0 Å². The molecule has 0 bridgehead atoms. The number of nitrogens with zero attached hydrogens (tertiary/aromatic N) is 3. The molecule has 0 radical (unpaired) electrons. The summed E-state index contributed by atoms with van der Waals surface area (Å²) >= 11 is 0. The van der Waals surface area contributed by atoms with E-state index < -0.39 is 0 Å². The number of amides is 2. The van der Waals surface area contributed by atoms with Crippen molar-refractivity contribution >= 4 is 6.03 Å².